The van der Waals surface area contributed by atoms with Crippen molar-refractivity contribution in [2.75, 3.05) is 0 Å². The fourth-order valence-electron chi connectivity index (χ4n) is 4.80. The van der Waals surface area contributed by atoms with Gasteiger partial charge in [-0.3, -0.25) is 9.59 Å². The summed E-state index contributed by atoms with van der Waals surface area (Å²) in [4.78, 5) is 29.3. The van der Waals surface area contributed by atoms with Gasteiger partial charge in [-0.25, -0.2) is 0 Å². The monoisotopic (exact) mass is 522 g/mol. The molecule has 1 aliphatic carbocycles. The number of hydrogen-bond acceptors (Lipinski definition) is 2. The third-order valence-electron chi connectivity index (χ3n) is 6.76. The second kappa shape index (κ2) is 12.9. The van der Waals surface area contributed by atoms with E-state index in [1.807, 2.05) is 66.7 Å². The fourth-order valence-corrected chi connectivity index (χ4v) is 5.13. The van der Waals surface area contributed by atoms with Gasteiger partial charge in [-0.05, 0) is 41.7 Å². The van der Waals surface area contributed by atoms with Crippen LogP contribution in [0.1, 0.15) is 48.8 Å². The van der Waals surface area contributed by atoms with Gasteiger partial charge in [0.05, 0.1) is 16.5 Å². The lowest BCUT2D eigenvalue weighted by Crippen LogP contribution is -2.53. The van der Waals surface area contributed by atoms with E-state index in [-0.39, 0.29) is 30.8 Å². The molecular weight excluding hydrogens is 491 g/mol. The first-order valence-electron chi connectivity index (χ1n) is 12.6. The Bertz CT molecular complexity index is 1150. The summed E-state index contributed by atoms with van der Waals surface area (Å²) in [5.74, 6) is -0.209. The first kappa shape index (κ1) is 26.2. The molecule has 0 saturated heterocycles. The van der Waals surface area contributed by atoms with E-state index >= 15 is 0 Å². The molecule has 0 aromatic heterocycles. The molecule has 188 valence electrons. The maximum Gasteiger partial charge on any atom is 0.243 e. The average Bonchev–Trinajstić information content (AvgIpc) is 2.90. The Morgan fingerprint density at radius 1 is 0.806 bits per heavy atom. The highest BCUT2D eigenvalue weighted by Crippen LogP contribution is 2.25. The quantitative estimate of drug-likeness (QED) is 0.343. The summed E-state index contributed by atoms with van der Waals surface area (Å²) < 4.78 is 0. The molecule has 0 unspecified atom stereocenters. The first-order chi connectivity index (χ1) is 17.5. The van der Waals surface area contributed by atoms with Gasteiger partial charge in [0.2, 0.25) is 11.8 Å². The summed E-state index contributed by atoms with van der Waals surface area (Å²) in [6, 6.07) is 24.4. The van der Waals surface area contributed by atoms with Crippen molar-refractivity contribution >= 4 is 35.0 Å². The van der Waals surface area contributed by atoms with E-state index in [0.29, 0.717) is 16.5 Å². The van der Waals surface area contributed by atoms with Crippen LogP contribution in [0.15, 0.2) is 78.9 Å². The summed E-state index contributed by atoms with van der Waals surface area (Å²) in [5, 5.41) is 4.15. The van der Waals surface area contributed by atoms with Crippen molar-refractivity contribution in [1.82, 2.24) is 10.2 Å². The second-order valence-electron chi connectivity index (χ2n) is 9.48. The molecule has 2 amide bonds. The lowest BCUT2D eigenvalue weighted by atomic mass is 9.94. The summed E-state index contributed by atoms with van der Waals surface area (Å²) in [7, 11) is 0. The average molecular weight is 524 g/mol. The maximum absolute atomic E-state index is 13.8. The number of carbonyl (C=O) groups is 2. The van der Waals surface area contributed by atoms with Gasteiger partial charge in [-0.2, -0.15) is 0 Å². The molecule has 4 nitrogen and oxygen atoms in total. The number of hydrogen-bond donors (Lipinski definition) is 1. The zero-order chi connectivity index (χ0) is 25.3. The molecule has 4 rings (SSSR count). The summed E-state index contributed by atoms with van der Waals surface area (Å²) >= 11 is 12.4. The Morgan fingerprint density at radius 3 is 2.08 bits per heavy atom. The molecule has 0 heterocycles. The van der Waals surface area contributed by atoms with Crippen LogP contribution >= 0.6 is 23.2 Å². The van der Waals surface area contributed by atoms with Crippen LogP contribution in [0.3, 0.4) is 0 Å². The number of amides is 2. The van der Waals surface area contributed by atoms with Crippen molar-refractivity contribution in [2.24, 2.45) is 0 Å². The van der Waals surface area contributed by atoms with Crippen molar-refractivity contribution < 1.29 is 9.59 Å². The third kappa shape index (κ3) is 7.35. The van der Waals surface area contributed by atoms with Crippen molar-refractivity contribution in [3.8, 4) is 0 Å². The molecule has 36 heavy (non-hydrogen) atoms. The molecule has 3 aromatic carbocycles. The van der Waals surface area contributed by atoms with Gasteiger partial charge in [-0.1, -0.05) is 109 Å². The van der Waals surface area contributed by atoms with Gasteiger partial charge in [0.1, 0.15) is 6.04 Å². The van der Waals surface area contributed by atoms with Crippen LogP contribution in [0.5, 0.6) is 0 Å². The van der Waals surface area contributed by atoms with E-state index in [0.717, 1.165) is 42.4 Å². The second-order valence-corrected chi connectivity index (χ2v) is 10.3. The Balaban J connectivity index is 1.66. The minimum Gasteiger partial charge on any atom is -0.352 e. The van der Waals surface area contributed by atoms with E-state index < -0.39 is 6.04 Å². The van der Waals surface area contributed by atoms with Crippen molar-refractivity contribution in [3.63, 3.8) is 0 Å². The fraction of sp³-hybridized carbons (Fsp3) is 0.333. The number of nitrogens with zero attached hydrogens (tertiary/aromatic N) is 1. The van der Waals surface area contributed by atoms with Crippen LogP contribution in [0.25, 0.3) is 0 Å². The topological polar surface area (TPSA) is 49.4 Å². The van der Waals surface area contributed by atoms with Gasteiger partial charge in [0.25, 0.3) is 0 Å². The van der Waals surface area contributed by atoms with Crippen LogP contribution in [0, 0.1) is 0 Å². The van der Waals surface area contributed by atoms with E-state index in [9.17, 15) is 9.59 Å². The molecule has 1 aliphatic rings. The highest BCUT2D eigenvalue weighted by Gasteiger charge is 2.32. The van der Waals surface area contributed by atoms with Crippen LogP contribution in [-0.4, -0.2) is 28.8 Å². The minimum atomic E-state index is -0.653. The zero-order valence-electron chi connectivity index (χ0n) is 20.3. The number of halogens is 2. The Labute approximate surface area is 223 Å². The van der Waals surface area contributed by atoms with Crippen molar-refractivity contribution in [2.45, 2.75) is 63.6 Å². The Morgan fingerprint density at radius 2 is 1.44 bits per heavy atom. The Hall–Kier alpha value is -2.82. The predicted molar refractivity (Wildman–Crippen MR) is 146 cm³/mol. The molecule has 6 heteroatoms. The SMILES string of the molecule is O=C(NC1CCCCC1)[C@@H](Cc1ccccc1)N(Cc1ccc(Cl)c(Cl)c1)C(=O)Cc1ccccc1. The molecule has 1 saturated carbocycles. The first-order valence-corrected chi connectivity index (χ1v) is 13.4. The van der Waals surface area contributed by atoms with Crippen LogP contribution in [-0.2, 0) is 29.0 Å². The molecule has 1 N–H and O–H groups in total. The number of nitrogens with one attached hydrogen (secondary N) is 1. The number of carbonyl (C=O) groups excluding carboxylic acids is 2. The normalized spacial score (nSPS) is 14.7. The van der Waals surface area contributed by atoms with Gasteiger partial charge >= 0.3 is 0 Å². The lowest BCUT2D eigenvalue weighted by molar-refractivity contribution is -0.141. The van der Waals surface area contributed by atoms with Gasteiger partial charge in [0, 0.05) is 19.0 Å². The number of rotatable bonds is 9. The molecule has 0 aliphatic heterocycles. The largest absolute Gasteiger partial charge is 0.352 e. The van der Waals surface area contributed by atoms with E-state index in [2.05, 4.69) is 5.32 Å². The maximum atomic E-state index is 13.8. The lowest BCUT2D eigenvalue weighted by Gasteiger charge is -2.33. The molecule has 1 atom stereocenters. The van der Waals surface area contributed by atoms with Crippen molar-refractivity contribution in [3.05, 3.63) is 106 Å². The third-order valence-corrected chi connectivity index (χ3v) is 7.50. The van der Waals surface area contributed by atoms with Gasteiger partial charge in [0.15, 0.2) is 0 Å². The molecule has 0 radical (unpaired) electrons. The van der Waals surface area contributed by atoms with Crippen LogP contribution in [0.2, 0.25) is 10.0 Å². The summed E-state index contributed by atoms with van der Waals surface area (Å²) in [6.45, 7) is 0.262. The van der Waals surface area contributed by atoms with E-state index in [1.54, 1.807) is 17.0 Å². The molecular formula is C30H32Cl2N2O2. The number of benzene rings is 3. The highest BCUT2D eigenvalue weighted by molar-refractivity contribution is 6.42. The van der Waals surface area contributed by atoms with E-state index in [1.165, 1.54) is 6.42 Å². The molecule has 3 aromatic rings. The van der Waals surface area contributed by atoms with Gasteiger partial charge < -0.3 is 10.2 Å². The smallest absolute Gasteiger partial charge is 0.243 e. The molecule has 0 spiro atoms. The predicted octanol–water partition coefficient (Wildman–Crippen LogP) is 6.62. The summed E-state index contributed by atoms with van der Waals surface area (Å²) in [5.41, 5.74) is 2.75. The minimum absolute atomic E-state index is 0.104. The zero-order valence-corrected chi connectivity index (χ0v) is 21.8. The van der Waals surface area contributed by atoms with Crippen LogP contribution < -0.4 is 5.32 Å². The van der Waals surface area contributed by atoms with E-state index in [4.69, 9.17) is 23.2 Å². The molecule has 1 fully saturated rings. The highest BCUT2D eigenvalue weighted by atomic mass is 35.5. The van der Waals surface area contributed by atoms with Crippen LogP contribution in [0.4, 0.5) is 0 Å². The van der Waals surface area contributed by atoms with Crippen molar-refractivity contribution in [1.29, 1.82) is 0 Å². The Kier molecular flexibility index (Phi) is 9.43. The standard InChI is InChI=1S/C30H32Cl2N2O2/c31-26-17-16-24(18-27(26)32)21-34(29(35)20-23-12-6-2-7-13-23)28(19-22-10-4-1-5-11-22)30(36)33-25-14-8-3-9-15-25/h1-2,4-7,10-13,16-18,25,28H,3,8-9,14-15,19-21H2,(H,33,36)/t28-/m1/s1. The molecule has 0 bridgehead atoms. The van der Waals surface area contributed by atoms with Gasteiger partial charge in [-0.15, -0.1) is 0 Å². The summed E-state index contributed by atoms with van der Waals surface area (Å²) in [6.07, 6.45) is 6.05.